The van der Waals surface area contributed by atoms with Gasteiger partial charge in [0, 0.05) is 12.5 Å². The number of fused-ring (bicyclic) bond motifs is 1. The summed E-state index contributed by atoms with van der Waals surface area (Å²) in [7, 11) is 0. The van der Waals surface area contributed by atoms with Crippen molar-refractivity contribution in [3.63, 3.8) is 0 Å². The van der Waals surface area contributed by atoms with Gasteiger partial charge in [-0.1, -0.05) is 30.3 Å². The number of hydrogen-bond donors (Lipinski definition) is 1. The number of ether oxygens (including phenoxy) is 6. The summed E-state index contributed by atoms with van der Waals surface area (Å²) in [5.74, 6) is -1.38. The van der Waals surface area contributed by atoms with Crippen molar-refractivity contribution < 1.29 is 38.0 Å². The monoisotopic (exact) mass is 479 g/mol. The SMILES string of the molecule is CCOC(=O)CCCN[C@H](CC(=O)OCC)[C@H]1O[C@@H]2OC(C)(C)O[C@@H]2[C@H]1OCc1ccccc1. The van der Waals surface area contributed by atoms with Crippen molar-refractivity contribution in [3.05, 3.63) is 35.9 Å². The zero-order chi connectivity index (χ0) is 24.6. The summed E-state index contributed by atoms with van der Waals surface area (Å²) < 4.78 is 34.8. The Morgan fingerprint density at radius 3 is 2.47 bits per heavy atom. The van der Waals surface area contributed by atoms with Gasteiger partial charge in [-0.25, -0.2) is 0 Å². The van der Waals surface area contributed by atoms with Crippen LogP contribution in [0.1, 0.15) is 52.5 Å². The van der Waals surface area contributed by atoms with Crippen molar-refractivity contribution in [2.45, 2.75) is 90.0 Å². The smallest absolute Gasteiger partial charge is 0.307 e. The summed E-state index contributed by atoms with van der Waals surface area (Å²) in [5.41, 5.74) is 1.02. The van der Waals surface area contributed by atoms with Gasteiger partial charge < -0.3 is 33.7 Å². The van der Waals surface area contributed by atoms with Crippen LogP contribution in [0, 0.1) is 0 Å². The van der Waals surface area contributed by atoms with Crippen LogP contribution in [-0.2, 0) is 44.6 Å². The van der Waals surface area contributed by atoms with Gasteiger partial charge in [0.1, 0.15) is 18.3 Å². The van der Waals surface area contributed by atoms with E-state index in [1.165, 1.54) is 0 Å². The van der Waals surface area contributed by atoms with Crippen LogP contribution in [0.25, 0.3) is 0 Å². The summed E-state index contributed by atoms with van der Waals surface area (Å²) in [5, 5.41) is 3.36. The number of benzene rings is 1. The Kier molecular flexibility index (Phi) is 9.85. The van der Waals surface area contributed by atoms with Crippen LogP contribution >= 0.6 is 0 Å². The molecule has 0 bridgehead atoms. The maximum Gasteiger partial charge on any atom is 0.307 e. The molecule has 1 N–H and O–H groups in total. The molecule has 2 aliphatic rings. The van der Waals surface area contributed by atoms with Crippen molar-refractivity contribution in [2.75, 3.05) is 19.8 Å². The zero-order valence-electron chi connectivity index (χ0n) is 20.5. The van der Waals surface area contributed by atoms with E-state index in [-0.39, 0.29) is 24.8 Å². The predicted octanol–water partition coefficient (Wildman–Crippen LogP) is 2.70. The third-order valence-electron chi connectivity index (χ3n) is 5.67. The minimum absolute atomic E-state index is 0.0892. The Labute approximate surface area is 201 Å². The lowest BCUT2D eigenvalue weighted by atomic mass is 10.00. The fraction of sp³-hybridized carbons (Fsp3) is 0.680. The molecule has 0 amide bonds. The van der Waals surface area contributed by atoms with Crippen LogP contribution in [0.3, 0.4) is 0 Å². The molecule has 1 aromatic carbocycles. The molecule has 3 rings (SSSR count). The van der Waals surface area contributed by atoms with Crippen molar-refractivity contribution in [2.24, 2.45) is 0 Å². The molecular weight excluding hydrogens is 442 g/mol. The molecule has 1 aromatic rings. The molecule has 2 aliphatic heterocycles. The zero-order valence-corrected chi connectivity index (χ0v) is 20.5. The van der Waals surface area contributed by atoms with Gasteiger partial charge in [-0.2, -0.15) is 0 Å². The van der Waals surface area contributed by atoms with Gasteiger partial charge in [-0.3, -0.25) is 9.59 Å². The largest absolute Gasteiger partial charge is 0.466 e. The lowest BCUT2D eigenvalue weighted by Crippen LogP contribution is -2.50. The first-order valence-corrected chi connectivity index (χ1v) is 12.0. The highest BCUT2D eigenvalue weighted by atomic mass is 16.8. The van der Waals surface area contributed by atoms with Gasteiger partial charge >= 0.3 is 11.9 Å². The average Bonchev–Trinajstić information content (AvgIpc) is 3.27. The molecule has 0 aromatic heterocycles. The van der Waals surface area contributed by atoms with Gasteiger partial charge in [0.2, 0.25) is 0 Å². The first-order chi connectivity index (χ1) is 16.3. The summed E-state index contributed by atoms with van der Waals surface area (Å²) in [6, 6.07) is 9.42. The molecule has 0 aliphatic carbocycles. The number of carbonyl (C=O) groups is 2. The lowest BCUT2D eigenvalue weighted by Gasteiger charge is -2.31. The van der Waals surface area contributed by atoms with Crippen molar-refractivity contribution in [1.82, 2.24) is 5.32 Å². The van der Waals surface area contributed by atoms with E-state index < -0.39 is 36.4 Å². The van der Waals surface area contributed by atoms with Crippen LogP contribution in [0.2, 0.25) is 0 Å². The van der Waals surface area contributed by atoms with E-state index in [1.54, 1.807) is 13.8 Å². The maximum absolute atomic E-state index is 12.4. The number of rotatable bonds is 13. The predicted molar refractivity (Wildman–Crippen MR) is 123 cm³/mol. The van der Waals surface area contributed by atoms with Crippen LogP contribution in [0.5, 0.6) is 0 Å². The maximum atomic E-state index is 12.4. The van der Waals surface area contributed by atoms with E-state index >= 15 is 0 Å². The molecule has 9 nitrogen and oxygen atoms in total. The minimum atomic E-state index is -0.793. The van der Waals surface area contributed by atoms with Gasteiger partial charge in [0.25, 0.3) is 0 Å². The number of hydrogen-bond acceptors (Lipinski definition) is 9. The number of esters is 2. The van der Waals surface area contributed by atoms with Crippen LogP contribution in [-0.4, -0.2) is 68.1 Å². The van der Waals surface area contributed by atoms with Crippen LogP contribution < -0.4 is 5.32 Å². The average molecular weight is 480 g/mol. The number of nitrogens with one attached hydrogen (secondary N) is 1. The molecule has 0 saturated carbocycles. The summed E-state index contributed by atoms with van der Waals surface area (Å²) >= 11 is 0. The van der Waals surface area contributed by atoms with E-state index in [2.05, 4.69) is 5.32 Å². The highest BCUT2D eigenvalue weighted by Crippen LogP contribution is 2.40. The highest BCUT2D eigenvalue weighted by molar-refractivity contribution is 5.70. The molecule has 5 atom stereocenters. The number of carbonyl (C=O) groups excluding carboxylic acids is 2. The Morgan fingerprint density at radius 2 is 1.76 bits per heavy atom. The third-order valence-corrected chi connectivity index (χ3v) is 5.67. The first kappa shape index (κ1) is 26.6. The Hall–Kier alpha value is -2.04. The quantitative estimate of drug-likeness (QED) is 0.338. The fourth-order valence-corrected chi connectivity index (χ4v) is 4.24. The van der Waals surface area contributed by atoms with Gasteiger partial charge in [0.15, 0.2) is 12.1 Å². The van der Waals surface area contributed by atoms with E-state index in [9.17, 15) is 9.59 Å². The second kappa shape index (κ2) is 12.6. The fourth-order valence-electron chi connectivity index (χ4n) is 4.24. The lowest BCUT2D eigenvalue weighted by molar-refractivity contribution is -0.223. The van der Waals surface area contributed by atoms with Crippen molar-refractivity contribution >= 4 is 11.9 Å². The second-order valence-corrected chi connectivity index (χ2v) is 8.81. The molecule has 34 heavy (non-hydrogen) atoms. The van der Waals surface area contributed by atoms with E-state index in [4.69, 9.17) is 28.4 Å². The molecule has 0 radical (unpaired) electrons. The van der Waals surface area contributed by atoms with Crippen molar-refractivity contribution in [1.29, 1.82) is 0 Å². The summed E-state index contributed by atoms with van der Waals surface area (Å²) in [6.45, 7) is 8.73. The van der Waals surface area contributed by atoms with Crippen LogP contribution in [0.4, 0.5) is 0 Å². The Morgan fingerprint density at radius 1 is 1.06 bits per heavy atom. The van der Waals surface area contributed by atoms with Crippen molar-refractivity contribution in [3.8, 4) is 0 Å². The Balaban J connectivity index is 1.70. The highest BCUT2D eigenvalue weighted by Gasteiger charge is 2.57. The van der Waals surface area contributed by atoms with Gasteiger partial charge in [0.05, 0.1) is 26.2 Å². The first-order valence-electron chi connectivity index (χ1n) is 12.0. The third kappa shape index (κ3) is 7.48. The molecular formula is C25H37NO8. The molecule has 9 heteroatoms. The van der Waals surface area contributed by atoms with E-state index in [0.29, 0.717) is 32.8 Å². The molecule has 2 saturated heterocycles. The van der Waals surface area contributed by atoms with Gasteiger partial charge in [-0.15, -0.1) is 0 Å². The summed E-state index contributed by atoms with van der Waals surface area (Å²) in [4.78, 5) is 24.0. The van der Waals surface area contributed by atoms with E-state index in [1.807, 2.05) is 44.2 Å². The topological polar surface area (TPSA) is 102 Å². The molecule has 2 fully saturated rings. The van der Waals surface area contributed by atoms with Gasteiger partial charge in [-0.05, 0) is 46.2 Å². The molecule has 0 unspecified atom stereocenters. The Bertz CT molecular complexity index is 786. The molecule has 0 spiro atoms. The molecule has 190 valence electrons. The van der Waals surface area contributed by atoms with E-state index in [0.717, 1.165) is 5.56 Å². The molecule has 2 heterocycles. The second-order valence-electron chi connectivity index (χ2n) is 8.81. The summed E-state index contributed by atoms with van der Waals surface area (Å²) in [6.07, 6.45) is -1.08. The standard InChI is InChI=1S/C25H37NO8/c1-5-29-19(27)13-10-14-26-18(15-20(28)30-6-2)21-22(31-16-17-11-8-7-9-12-17)23-24(32-21)34-25(3,4)33-23/h7-9,11-12,18,21-24,26H,5-6,10,13-16H2,1-4H3/t18-,21-,22+,23-,24-/m1/s1. The van der Waals surface area contributed by atoms with Crippen LogP contribution in [0.15, 0.2) is 30.3 Å². The minimum Gasteiger partial charge on any atom is -0.466 e. The normalized spacial score (nSPS) is 26.1.